The molecule has 1 aliphatic rings. The zero-order valence-electron chi connectivity index (χ0n) is 12.5. The number of esters is 1. The highest BCUT2D eigenvalue weighted by atomic mass is 16.5. The summed E-state index contributed by atoms with van der Waals surface area (Å²) in [4.78, 5) is 14.4. The van der Waals surface area contributed by atoms with Crippen LogP contribution in [0.4, 0.5) is 0 Å². The molecule has 4 heteroatoms. The first-order valence-corrected chi connectivity index (χ1v) is 7.01. The van der Waals surface area contributed by atoms with Crippen molar-refractivity contribution in [2.75, 3.05) is 33.3 Å². The second-order valence-electron chi connectivity index (χ2n) is 5.77. The van der Waals surface area contributed by atoms with E-state index in [4.69, 9.17) is 4.74 Å². The molecule has 1 aliphatic heterocycles. The van der Waals surface area contributed by atoms with E-state index in [0.29, 0.717) is 6.61 Å². The van der Waals surface area contributed by atoms with Crippen LogP contribution in [0.3, 0.4) is 0 Å². The third-order valence-electron chi connectivity index (χ3n) is 4.27. The number of ether oxygens (including phenoxy) is 1. The molecule has 0 amide bonds. The van der Waals surface area contributed by atoms with E-state index in [0.717, 1.165) is 37.9 Å². The van der Waals surface area contributed by atoms with Gasteiger partial charge < -0.3 is 15.0 Å². The highest BCUT2D eigenvalue weighted by Crippen LogP contribution is 2.23. The van der Waals surface area contributed by atoms with Gasteiger partial charge in [-0.3, -0.25) is 4.79 Å². The second-order valence-corrected chi connectivity index (χ2v) is 5.77. The van der Waals surface area contributed by atoms with E-state index in [2.05, 4.69) is 24.1 Å². The largest absolute Gasteiger partial charge is 0.465 e. The standard InChI is InChI=1S/C14H28N2O2/c1-6-18-13(17)14(4,15-5)7-8-16-9-11(2)12(3)10-16/h11-12,15H,6-10H2,1-5H3. The minimum absolute atomic E-state index is 0.146. The molecule has 0 aliphatic carbocycles. The number of carbonyl (C=O) groups excluding carboxylic acids is 1. The fraction of sp³-hybridized carbons (Fsp3) is 0.929. The molecule has 1 saturated heterocycles. The molecule has 0 aromatic heterocycles. The molecular weight excluding hydrogens is 228 g/mol. The first-order valence-electron chi connectivity index (χ1n) is 7.01. The van der Waals surface area contributed by atoms with Crippen LogP contribution in [0.25, 0.3) is 0 Å². The number of rotatable bonds is 6. The maximum atomic E-state index is 11.9. The average molecular weight is 256 g/mol. The Bertz CT molecular complexity index is 273. The Balaban J connectivity index is 2.46. The summed E-state index contributed by atoms with van der Waals surface area (Å²) in [7, 11) is 1.83. The maximum Gasteiger partial charge on any atom is 0.326 e. The minimum Gasteiger partial charge on any atom is -0.465 e. The molecule has 1 rings (SSSR count). The second kappa shape index (κ2) is 6.53. The average Bonchev–Trinajstić information content (AvgIpc) is 2.66. The van der Waals surface area contributed by atoms with Crippen molar-refractivity contribution in [3.8, 4) is 0 Å². The maximum absolute atomic E-state index is 11.9. The molecule has 4 nitrogen and oxygen atoms in total. The van der Waals surface area contributed by atoms with Crippen molar-refractivity contribution in [3.05, 3.63) is 0 Å². The van der Waals surface area contributed by atoms with Crippen molar-refractivity contribution in [2.24, 2.45) is 11.8 Å². The molecule has 18 heavy (non-hydrogen) atoms. The molecule has 1 N–H and O–H groups in total. The van der Waals surface area contributed by atoms with Gasteiger partial charge >= 0.3 is 5.97 Å². The third-order valence-corrected chi connectivity index (χ3v) is 4.27. The van der Waals surface area contributed by atoms with Crippen molar-refractivity contribution < 1.29 is 9.53 Å². The van der Waals surface area contributed by atoms with E-state index in [1.54, 1.807) is 0 Å². The molecule has 0 radical (unpaired) electrons. The van der Waals surface area contributed by atoms with Gasteiger partial charge in [0, 0.05) is 19.6 Å². The number of likely N-dealkylation sites (tertiary alicyclic amines) is 1. The number of hydrogen-bond donors (Lipinski definition) is 1. The van der Waals surface area contributed by atoms with Crippen molar-refractivity contribution in [2.45, 2.75) is 39.7 Å². The van der Waals surface area contributed by atoms with Gasteiger partial charge in [-0.1, -0.05) is 13.8 Å². The Morgan fingerprint density at radius 3 is 2.39 bits per heavy atom. The van der Waals surface area contributed by atoms with Gasteiger partial charge in [-0.2, -0.15) is 0 Å². The predicted molar refractivity (Wildman–Crippen MR) is 73.5 cm³/mol. The number of hydrogen-bond acceptors (Lipinski definition) is 4. The van der Waals surface area contributed by atoms with Gasteiger partial charge in [-0.05, 0) is 39.2 Å². The molecular formula is C14H28N2O2. The van der Waals surface area contributed by atoms with Crippen LogP contribution < -0.4 is 5.32 Å². The third kappa shape index (κ3) is 3.69. The SMILES string of the molecule is CCOC(=O)C(C)(CCN1CC(C)C(C)C1)NC. The quantitative estimate of drug-likeness (QED) is 0.731. The fourth-order valence-corrected chi connectivity index (χ4v) is 2.43. The van der Waals surface area contributed by atoms with E-state index in [1.807, 2.05) is 20.9 Å². The molecule has 1 heterocycles. The molecule has 106 valence electrons. The number of nitrogens with zero attached hydrogens (tertiary/aromatic N) is 1. The first kappa shape index (κ1) is 15.4. The zero-order valence-corrected chi connectivity index (χ0v) is 12.5. The Morgan fingerprint density at radius 1 is 1.39 bits per heavy atom. The van der Waals surface area contributed by atoms with Crippen molar-refractivity contribution >= 4 is 5.97 Å². The lowest BCUT2D eigenvalue weighted by atomic mass is 9.98. The van der Waals surface area contributed by atoms with Gasteiger partial charge in [0.1, 0.15) is 5.54 Å². The molecule has 0 saturated carbocycles. The normalized spacial score (nSPS) is 28.1. The summed E-state index contributed by atoms with van der Waals surface area (Å²) >= 11 is 0. The van der Waals surface area contributed by atoms with Gasteiger partial charge in [-0.15, -0.1) is 0 Å². The van der Waals surface area contributed by atoms with Crippen LogP contribution in [0.1, 0.15) is 34.1 Å². The van der Waals surface area contributed by atoms with Gasteiger partial charge in [0.05, 0.1) is 6.61 Å². The molecule has 1 fully saturated rings. The van der Waals surface area contributed by atoms with Crippen LogP contribution in [0.5, 0.6) is 0 Å². The Hall–Kier alpha value is -0.610. The number of carbonyl (C=O) groups is 1. The van der Waals surface area contributed by atoms with Gasteiger partial charge in [0.15, 0.2) is 0 Å². The van der Waals surface area contributed by atoms with Gasteiger partial charge in [-0.25, -0.2) is 0 Å². The van der Waals surface area contributed by atoms with E-state index in [9.17, 15) is 4.79 Å². The highest BCUT2D eigenvalue weighted by molar-refractivity contribution is 5.80. The van der Waals surface area contributed by atoms with Gasteiger partial charge in [0.25, 0.3) is 0 Å². The minimum atomic E-state index is -0.564. The topological polar surface area (TPSA) is 41.6 Å². The molecule has 0 spiro atoms. The van der Waals surface area contributed by atoms with Crippen LogP contribution in [-0.2, 0) is 9.53 Å². The lowest BCUT2D eigenvalue weighted by Gasteiger charge is -2.29. The van der Waals surface area contributed by atoms with Crippen LogP contribution in [0.15, 0.2) is 0 Å². The highest BCUT2D eigenvalue weighted by Gasteiger charge is 2.34. The lowest BCUT2D eigenvalue weighted by Crippen LogP contribution is -2.50. The van der Waals surface area contributed by atoms with Crippen LogP contribution in [0.2, 0.25) is 0 Å². The van der Waals surface area contributed by atoms with Crippen LogP contribution in [0, 0.1) is 11.8 Å². The Labute approximate surface area is 111 Å². The van der Waals surface area contributed by atoms with E-state index in [-0.39, 0.29) is 5.97 Å². The molecule has 3 atom stereocenters. The molecule has 3 unspecified atom stereocenters. The molecule has 0 aromatic carbocycles. The summed E-state index contributed by atoms with van der Waals surface area (Å²) in [6.07, 6.45) is 0.793. The summed E-state index contributed by atoms with van der Waals surface area (Å²) in [6, 6.07) is 0. The molecule has 0 aromatic rings. The fourth-order valence-electron chi connectivity index (χ4n) is 2.43. The summed E-state index contributed by atoms with van der Waals surface area (Å²) in [6.45, 7) is 12.0. The zero-order chi connectivity index (χ0) is 13.8. The predicted octanol–water partition coefficient (Wildman–Crippen LogP) is 1.51. The summed E-state index contributed by atoms with van der Waals surface area (Å²) in [5.41, 5.74) is -0.564. The van der Waals surface area contributed by atoms with Crippen LogP contribution >= 0.6 is 0 Å². The Kier molecular flexibility index (Phi) is 5.60. The lowest BCUT2D eigenvalue weighted by molar-refractivity contribution is -0.150. The van der Waals surface area contributed by atoms with E-state index in [1.165, 1.54) is 0 Å². The smallest absolute Gasteiger partial charge is 0.326 e. The van der Waals surface area contributed by atoms with Crippen LogP contribution in [-0.4, -0.2) is 49.7 Å². The number of nitrogens with one attached hydrogen (secondary N) is 1. The summed E-state index contributed by atoms with van der Waals surface area (Å²) in [5.74, 6) is 1.37. The van der Waals surface area contributed by atoms with Gasteiger partial charge in [0.2, 0.25) is 0 Å². The van der Waals surface area contributed by atoms with E-state index >= 15 is 0 Å². The van der Waals surface area contributed by atoms with E-state index < -0.39 is 5.54 Å². The Morgan fingerprint density at radius 2 is 1.94 bits per heavy atom. The monoisotopic (exact) mass is 256 g/mol. The number of likely N-dealkylation sites (N-methyl/N-ethyl adjacent to an activating group) is 1. The molecule has 0 bridgehead atoms. The summed E-state index contributed by atoms with van der Waals surface area (Å²) < 4.78 is 5.14. The van der Waals surface area contributed by atoms with Crippen molar-refractivity contribution in [1.29, 1.82) is 0 Å². The first-order chi connectivity index (χ1) is 8.42. The summed E-state index contributed by atoms with van der Waals surface area (Å²) in [5, 5.41) is 3.11. The van der Waals surface area contributed by atoms with Crippen molar-refractivity contribution in [3.63, 3.8) is 0 Å². The van der Waals surface area contributed by atoms with Crippen molar-refractivity contribution in [1.82, 2.24) is 10.2 Å².